The Balaban J connectivity index is 1.80. The van der Waals surface area contributed by atoms with Crippen molar-refractivity contribution in [2.45, 2.75) is 77.5 Å². The summed E-state index contributed by atoms with van der Waals surface area (Å²) in [7, 11) is 0. The van der Waals surface area contributed by atoms with E-state index in [1.807, 2.05) is 25.7 Å². The Morgan fingerprint density at radius 3 is 2.46 bits per heavy atom. The smallest absolute Gasteiger partial charge is 0.410 e. The second kappa shape index (κ2) is 8.10. The van der Waals surface area contributed by atoms with E-state index in [4.69, 9.17) is 4.74 Å². The van der Waals surface area contributed by atoms with Crippen LogP contribution >= 0.6 is 0 Å². The van der Waals surface area contributed by atoms with Crippen LogP contribution in [0, 0.1) is 12.7 Å². The zero-order chi connectivity index (χ0) is 20.5. The number of amides is 2. The van der Waals surface area contributed by atoms with Gasteiger partial charge in [-0.15, -0.1) is 0 Å². The lowest BCUT2D eigenvalue weighted by Gasteiger charge is -2.35. The molecule has 154 valence electrons. The molecule has 1 aromatic rings. The predicted octanol–water partition coefficient (Wildman–Crippen LogP) is 4.53. The molecule has 1 atom stereocenters. The van der Waals surface area contributed by atoms with Gasteiger partial charge in [0, 0.05) is 24.7 Å². The van der Waals surface area contributed by atoms with Crippen molar-refractivity contribution in [3.05, 3.63) is 35.1 Å². The summed E-state index contributed by atoms with van der Waals surface area (Å²) in [6, 6.07) is 4.75. The summed E-state index contributed by atoms with van der Waals surface area (Å²) in [5.74, 6) is -0.487. The molecule has 0 radical (unpaired) electrons. The molecule has 1 saturated carbocycles. The summed E-state index contributed by atoms with van der Waals surface area (Å²) < 4.78 is 19.5. The molecule has 5 nitrogen and oxygen atoms in total. The van der Waals surface area contributed by atoms with Gasteiger partial charge in [-0.3, -0.25) is 4.79 Å². The first kappa shape index (κ1) is 20.6. The monoisotopic (exact) mass is 390 g/mol. The van der Waals surface area contributed by atoms with E-state index in [1.54, 1.807) is 24.0 Å². The molecule has 1 aliphatic heterocycles. The highest BCUT2D eigenvalue weighted by Gasteiger charge is 2.39. The molecule has 0 spiro atoms. The second-order valence-corrected chi connectivity index (χ2v) is 8.93. The maximum atomic E-state index is 14.0. The van der Waals surface area contributed by atoms with Crippen molar-refractivity contribution in [2.24, 2.45) is 0 Å². The van der Waals surface area contributed by atoms with Gasteiger partial charge in [0.05, 0.1) is 6.04 Å². The van der Waals surface area contributed by atoms with Crippen LogP contribution < -0.4 is 0 Å². The summed E-state index contributed by atoms with van der Waals surface area (Å²) in [6.45, 7) is 8.22. The summed E-state index contributed by atoms with van der Waals surface area (Å²) >= 11 is 0. The van der Waals surface area contributed by atoms with Gasteiger partial charge in [0.1, 0.15) is 11.4 Å². The molecule has 0 unspecified atom stereocenters. The fourth-order valence-electron chi connectivity index (χ4n) is 4.25. The SMILES string of the molecule is Cc1c(F)cccc1C(=O)N(C1CCCC1)[C@H]1CCN(C(=O)OC(C)(C)C)C1. The average molecular weight is 390 g/mol. The van der Waals surface area contributed by atoms with Gasteiger partial charge in [-0.1, -0.05) is 18.9 Å². The lowest BCUT2D eigenvalue weighted by molar-refractivity contribution is 0.0265. The van der Waals surface area contributed by atoms with E-state index in [0.29, 0.717) is 24.2 Å². The zero-order valence-electron chi connectivity index (χ0n) is 17.3. The topological polar surface area (TPSA) is 49.9 Å². The van der Waals surface area contributed by atoms with Crippen molar-refractivity contribution < 1.29 is 18.7 Å². The number of rotatable bonds is 3. The summed E-state index contributed by atoms with van der Waals surface area (Å²) in [5.41, 5.74) is 0.259. The second-order valence-electron chi connectivity index (χ2n) is 8.93. The molecule has 2 fully saturated rings. The van der Waals surface area contributed by atoms with Gasteiger partial charge in [-0.2, -0.15) is 0 Å². The number of ether oxygens (including phenoxy) is 1. The van der Waals surface area contributed by atoms with Gasteiger partial charge in [0.2, 0.25) is 0 Å². The number of carbonyl (C=O) groups excluding carboxylic acids is 2. The van der Waals surface area contributed by atoms with E-state index in [0.717, 1.165) is 32.1 Å². The van der Waals surface area contributed by atoms with E-state index in [-0.39, 0.29) is 29.9 Å². The summed E-state index contributed by atoms with van der Waals surface area (Å²) in [6.07, 6.45) is 4.50. The third kappa shape index (κ3) is 4.47. The van der Waals surface area contributed by atoms with Gasteiger partial charge in [-0.05, 0) is 64.7 Å². The van der Waals surface area contributed by atoms with Crippen LogP contribution in [0.15, 0.2) is 18.2 Å². The Morgan fingerprint density at radius 1 is 1.14 bits per heavy atom. The minimum atomic E-state index is -0.547. The molecule has 2 amide bonds. The molecular formula is C22H31FN2O3. The molecule has 0 aromatic heterocycles. The van der Waals surface area contributed by atoms with Crippen molar-refractivity contribution in [1.82, 2.24) is 9.80 Å². The van der Waals surface area contributed by atoms with E-state index in [2.05, 4.69) is 0 Å². The van der Waals surface area contributed by atoms with Crippen LogP contribution in [0.4, 0.5) is 9.18 Å². The Bertz CT molecular complexity index is 738. The Kier molecular flexibility index (Phi) is 5.96. The van der Waals surface area contributed by atoms with Crippen LogP contribution in [-0.2, 0) is 4.74 Å². The number of benzene rings is 1. The van der Waals surface area contributed by atoms with Crippen LogP contribution in [0.2, 0.25) is 0 Å². The number of hydrogen-bond acceptors (Lipinski definition) is 3. The van der Waals surface area contributed by atoms with Crippen molar-refractivity contribution in [2.75, 3.05) is 13.1 Å². The van der Waals surface area contributed by atoms with Crippen LogP contribution in [0.5, 0.6) is 0 Å². The van der Waals surface area contributed by atoms with Crippen molar-refractivity contribution in [1.29, 1.82) is 0 Å². The van der Waals surface area contributed by atoms with Gasteiger partial charge in [0.25, 0.3) is 5.91 Å². The molecular weight excluding hydrogens is 359 g/mol. The van der Waals surface area contributed by atoms with Crippen LogP contribution in [-0.4, -0.2) is 52.6 Å². The van der Waals surface area contributed by atoms with Crippen molar-refractivity contribution >= 4 is 12.0 Å². The molecule has 1 aliphatic carbocycles. The largest absolute Gasteiger partial charge is 0.444 e. The summed E-state index contributed by atoms with van der Waals surface area (Å²) in [4.78, 5) is 29.5. The summed E-state index contributed by atoms with van der Waals surface area (Å²) in [5, 5.41) is 0. The van der Waals surface area contributed by atoms with Gasteiger partial charge >= 0.3 is 6.09 Å². The minimum absolute atomic E-state index is 0.0641. The lowest BCUT2D eigenvalue weighted by atomic mass is 10.0. The van der Waals surface area contributed by atoms with Crippen LogP contribution in [0.25, 0.3) is 0 Å². The van der Waals surface area contributed by atoms with Gasteiger partial charge in [0.15, 0.2) is 0 Å². The maximum absolute atomic E-state index is 14.0. The molecule has 1 heterocycles. The average Bonchev–Trinajstić information content (AvgIpc) is 3.28. The van der Waals surface area contributed by atoms with Gasteiger partial charge < -0.3 is 14.5 Å². The third-order valence-corrected chi connectivity index (χ3v) is 5.66. The fourth-order valence-corrected chi connectivity index (χ4v) is 4.25. The highest BCUT2D eigenvalue weighted by Crippen LogP contribution is 2.31. The number of carbonyl (C=O) groups is 2. The quantitative estimate of drug-likeness (QED) is 0.762. The highest BCUT2D eigenvalue weighted by molar-refractivity contribution is 5.96. The van der Waals surface area contributed by atoms with E-state index in [1.165, 1.54) is 6.07 Å². The molecule has 2 aliphatic rings. The first-order valence-electron chi connectivity index (χ1n) is 10.2. The van der Waals surface area contributed by atoms with E-state index in [9.17, 15) is 14.0 Å². The Labute approximate surface area is 166 Å². The number of nitrogens with zero attached hydrogens (tertiary/aromatic N) is 2. The molecule has 3 rings (SSSR count). The Morgan fingerprint density at radius 2 is 1.82 bits per heavy atom. The lowest BCUT2D eigenvalue weighted by Crippen LogP contribution is -2.48. The molecule has 0 bridgehead atoms. The molecule has 0 N–H and O–H groups in total. The molecule has 6 heteroatoms. The Hall–Kier alpha value is -2.11. The first-order valence-corrected chi connectivity index (χ1v) is 10.2. The van der Waals surface area contributed by atoms with E-state index < -0.39 is 5.60 Å². The van der Waals surface area contributed by atoms with Crippen molar-refractivity contribution in [3.8, 4) is 0 Å². The number of halogens is 1. The van der Waals surface area contributed by atoms with E-state index >= 15 is 0 Å². The standard InChI is InChI=1S/C22H31FN2O3/c1-15-18(10-7-11-19(15)23)20(26)25(16-8-5-6-9-16)17-12-13-24(14-17)21(27)28-22(2,3)4/h7,10-11,16-17H,5-6,8-9,12-14H2,1-4H3/t17-/m0/s1. The normalized spacial score (nSPS) is 20.5. The minimum Gasteiger partial charge on any atom is -0.444 e. The fraction of sp³-hybridized carbons (Fsp3) is 0.636. The maximum Gasteiger partial charge on any atom is 0.410 e. The zero-order valence-corrected chi connectivity index (χ0v) is 17.3. The third-order valence-electron chi connectivity index (χ3n) is 5.66. The van der Waals surface area contributed by atoms with Gasteiger partial charge in [-0.25, -0.2) is 9.18 Å². The predicted molar refractivity (Wildman–Crippen MR) is 106 cm³/mol. The number of hydrogen-bond donors (Lipinski definition) is 0. The van der Waals surface area contributed by atoms with Crippen LogP contribution in [0.1, 0.15) is 68.8 Å². The number of likely N-dealkylation sites (tertiary alicyclic amines) is 1. The molecule has 1 saturated heterocycles. The molecule has 1 aromatic carbocycles. The highest BCUT2D eigenvalue weighted by atomic mass is 19.1. The van der Waals surface area contributed by atoms with Crippen molar-refractivity contribution in [3.63, 3.8) is 0 Å². The first-order chi connectivity index (χ1) is 13.2. The van der Waals surface area contributed by atoms with Crippen LogP contribution in [0.3, 0.4) is 0 Å². The molecule has 28 heavy (non-hydrogen) atoms.